The molecule has 0 bridgehead atoms. The Hall–Kier alpha value is -2.70. The van der Waals surface area contributed by atoms with Crippen LogP contribution in [0.4, 0.5) is 0 Å². The minimum absolute atomic E-state index is 0.249. The maximum Gasteiger partial charge on any atom is 0.252 e. The SMILES string of the molecule is Cc1nc2ccc(C(=O)NCCNC(=O)c3cc(Cl)ccc3Cl)cc2nc1C. The van der Waals surface area contributed by atoms with Gasteiger partial charge in [0.2, 0.25) is 0 Å². The molecule has 0 saturated heterocycles. The average molecular weight is 417 g/mol. The first-order valence-electron chi connectivity index (χ1n) is 8.61. The van der Waals surface area contributed by atoms with Gasteiger partial charge in [-0.05, 0) is 50.2 Å². The van der Waals surface area contributed by atoms with Crippen molar-refractivity contribution in [2.45, 2.75) is 13.8 Å². The summed E-state index contributed by atoms with van der Waals surface area (Å²) in [5.41, 5.74) is 3.87. The first kappa shape index (κ1) is 20.0. The number of carbonyl (C=O) groups excluding carboxylic acids is 2. The van der Waals surface area contributed by atoms with E-state index in [-0.39, 0.29) is 24.9 Å². The highest BCUT2D eigenvalue weighted by Gasteiger charge is 2.11. The Morgan fingerprint density at radius 2 is 1.50 bits per heavy atom. The summed E-state index contributed by atoms with van der Waals surface area (Å²) < 4.78 is 0. The molecule has 0 radical (unpaired) electrons. The summed E-state index contributed by atoms with van der Waals surface area (Å²) in [7, 11) is 0. The molecule has 28 heavy (non-hydrogen) atoms. The van der Waals surface area contributed by atoms with E-state index in [9.17, 15) is 9.59 Å². The predicted molar refractivity (Wildman–Crippen MR) is 110 cm³/mol. The second-order valence-corrected chi connectivity index (χ2v) is 7.08. The van der Waals surface area contributed by atoms with Crippen LogP contribution in [-0.4, -0.2) is 34.9 Å². The highest BCUT2D eigenvalue weighted by atomic mass is 35.5. The maximum absolute atomic E-state index is 12.3. The van der Waals surface area contributed by atoms with Crippen LogP contribution in [0, 0.1) is 13.8 Å². The predicted octanol–water partition coefficient (Wildman–Crippen LogP) is 3.71. The summed E-state index contributed by atoms with van der Waals surface area (Å²) in [6.45, 7) is 4.29. The number of aryl methyl sites for hydroxylation is 2. The van der Waals surface area contributed by atoms with E-state index in [2.05, 4.69) is 20.6 Å². The van der Waals surface area contributed by atoms with Crippen molar-refractivity contribution in [3.8, 4) is 0 Å². The van der Waals surface area contributed by atoms with Gasteiger partial charge in [-0.3, -0.25) is 9.59 Å². The molecule has 2 amide bonds. The van der Waals surface area contributed by atoms with Crippen molar-refractivity contribution in [1.29, 1.82) is 0 Å². The number of halogens is 2. The number of hydrogen-bond acceptors (Lipinski definition) is 4. The lowest BCUT2D eigenvalue weighted by molar-refractivity contribution is 0.0928. The van der Waals surface area contributed by atoms with Gasteiger partial charge < -0.3 is 10.6 Å². The molecular formula is C20H18Cl2N4O2. The molecule has 8 heteroatoms. The van der Waals surface area contributed by atoms with Crippen molar-refractivity contribution in [2.75, 3.05) is 13.1 Å². The van der Waals surface area contributed by atoms with Crippen molar-refractivity contribution in [2.24, 2.45) is 0 Å². The zero-order valence-corrected chi connectivity index (χ0v) is 16.9. The largest absolute Gasteiger partial charge is 0.350 e. The van der Waals surface area contributed by atoms with Crippen molar-refractivity contribution in [3.05, 3.63) is 69.0 Å². The highest BCUT2D eigenvalue weighted by molar-refractivity contribution is 6.35. The fourth-order valence-electron chi connectivity index (χ4n) is 2.59. The van der Waals surface area contributed by atoms with E-state index in [0.717, 1.165) is 16.9 Å². The minimum atomic E-state index is -0.353. The van der Waals surface area contributed by atoms with E-state index >= 15 is 0 Å². The Morgan fingerprint density at radius 3 is 2.21 bits per heavy atom. The Kier molecular flexibility index (Phi) is 6.11. The van der Waals surface area contributed by atoms with E-state index in [1.165, 1.54) is 6.07 Å². The molecule has 0 unspecified atom stereocenters. The highest BCUT2D eigenvalue weighted by Crippen LogP contribution is 2.20. The Morgan fingerprint density at radius 1 is 0.857 bits per heavy atom. The van der Waals surface area contributed by atoms with Crippen LogP contribution >= 0.6 is 23.2 Å². The molecule has 0 aliphatic rings. The molecule has 0 saturated carbocycles. The molecule has 0 aliphatic heterocycles. The lowest BCUT2D eigenvalue weighted by Gasteiger charge is -2.09. The van der Waals surface area contributed by atoms with Crippen LogP contribution in [-0.2, 0) is 0 Å². The summed E-state index contributed by atoms with van der Waals surface area (Å²) in [5.74, 6) is -0.606. The Balaban J connectivity index is 1.57. The van der Waals surface area contributed by atoms with Gasteiger partial charge in [0.05, 0.1) is 33.0 Å². The number of rotatable bonds is 5. The molecule has 2 aromatic carbocycles. The second-order valence-electron chi connectivity index (χ2n) is 6.23. The molecule has 2 N–H and O–H groups in total. The first-order valence-corrected chi connectivity index (χ1v) is 9.37. The zero-order chi connectivity index (χ0) is 20.3. The summed E-state index contributed by atoms with van der Waals surface area (Å²) >= 11 is 11.9. The summed E-state index contributed by atoms with van der Waals surface area (Å²) in [5, 5.41) is 6.20. The second kappa shape index (κ2) is 8.54. The minimum Gasteiger partial charge on any atom is -0.350 e. The van der Waals surface area contributed by atoms with Crippen molar-refractivity contribution < 1.29 is 9.59 Å². The van der Waals surface area contributed by atoms with Crippen LogP contribution < -0.4 is 10.6 Å². The third-order valence-electron chi connectivity index (χ3n) is 4.21. The number of fused-ring (bicyclic) bond motifs is 1. The van der Waals surface area contributed by atoms with Crippen LogP contribution in [0.2, 0.25) is 10.0 Å². The number of aromatic nitrogens is 2. The molecule has 1 heterocycles. The van der Waals surface area contributed by atoms with Crippen LogP contribution in [0.1, 0.15) is 32.1 Å². The summed E-state index contributed by atoms with van der Waals surface area (Å²) in [4.78, 5) is 33.4. The lowest BCUT2D eigenvalue weighted by atomic mass is 10.1. The topological polar surface area (TPSA) is 84.0 Å². The lowest BCUT2D eigenvalue weighted by Crippen LogP contribution is -2.34. The number of amides is 2. The van der Waals surface area contributed by atoms with Gasteiger partial charge in [-0.25, -0.2) is 9.97 Å². The van der Waals surface area contributed by atoms with Gasteiger partial charge in [-0.1, -0.05) is 23.2 Å². The first-order chi connectivity index (χ1) is 13.3. The van der Waals surface area contributed by atoms with Gasteiger partial charge in [0.15, 0.2) is 0 Å². The molecule has 3 aromatic rings. The average Bonchev–Trinajstić information content (AvgIpc) is 2.67. The molecule has 0 spiro atoms. The quantitative estimate of drug-likeness (QED) is 0.620. The number of benzene rings is 2. The van der Waals surface area contributed by atoms with E-state index in [0.29, 0.717) is 26.7 Å². The van der Waals surface area contributed by atoms with E-state index in [1.807, 2.05) is 13.8 Å². The third-order valence-corrected chi connectivity index (χ3v) is 4.77. The van der Waals surface area contributed by atoms with Gasteiger partial charge in [0, 0.05) is 23.7 Å². The molecular weight excluding hydrogens is 399 g/mol. The van der Waals surface area contributed by atoms with Gasteiger partial charge >= 0.3 is 0 Å². The third kappa shape index (κ3) is 4.58. The van der Waals surface area contributed by atoms with Gasteiger partial charge in [0.25, 0.3) is 11.8 Å². The standard InChI is InChI=1S/C20H18Cl2N4O2/c1-11-12(2)26-18-9-13(3-6-17(18)25-11)19(27)23-7-8-24-20(28)15-10-14(21)4-5-16(15)22/h3-6,9-10H,7-8H2,1-2H3,(H,23,27)(H,24,28). The fraction of sp³-hybridized carbons (Fsp3) is 0.200. The van der Waals surface area contributed by atoms with Crippen LogP contribution in [0.15, 0.2) is 36.4 Å². The van der Waals surface area contributed by atoms with Crippen LogP contribution in [0.25, 0.3) is 11.0 Å². The van der Waals surface area contributed by atoms with Crippen molar-refractivity contribution in [1.82, 2.24) is 20.6 Å². The van der Waals surface area contributed by atoms with Crippen molar-refractivity contribution in [3.63, 3.8) is 0 Å². The fourth-order valence-corrected chi connectivity index (χ4v) is 2.97. The van der Waals surface area contributed by atoms with Crippen LogP contribution in [0.3, 0.4) is 0 Å². The van der Waals surface area contributed by atoms with E-state index < -0.39 is 0 Å². The van der Waals surface area contributed by atoms with Gasteiger partial charge in [0.1, 0.15) is 0 Å². The summed E-state index contributed by atoms with van der Waals surface area (Å²) in [6, 6.07) is 9.84. The van der Waals surface area contributed by atoms with E-state index in [1.54, 1.807) is 30.3 Å². The van der Waals surface area contributed by atoms with Gasteiger partial charge in [-0.2, -0.15) is 0 Å². The molecule has 6 nitrogen and oxygen atoms in total. The number of hydrogen-bond donors (Lipinski definition) is 2. The smallest absolute Gasteiger partial charge is 0.252 e. The maximum atomic E-state index is 12.3. The number of nitrogens with one attached hydrogen (secondary N) is 2. The summed E-state index contributed by atoms with van der Waals surface area (Å²) in [6.07, 6.45) is 0. The molecule has 0 fully saturated rings. The molecule has 0 aliphatic carbocycles. The Bertz CT molecular complexity index is 1070. The normalized spacial score (nSPS) is 10.7. The molecule has 0 atom stereocenters. The monoisotopic (exact) mass is 416 g/mol. The van der Waals surface area contributed by atoms with Gasteiger partial charge in [-0.15, -0.1) is 0 Å². The number of carbonyl (C=O) groups is 2. The molecule has 3 rings (SSSR count). The molecule has 144 valence electrons. The molecule has 1 aromatic heterocycles. The van der Waals surface area contributed by atoms with Crippen molar-refractivity contribution >= 4 is 46.0 Å². The zero-order valence-electron chi connectivity index (χ0n) is 15.3. The van der Waals surface area contributed by atoms with Crippen LogP contribution in [0.5, 0.6) is 0 Å². The van der Waals surface area contributed by atoms with E-state index in [4.69, 9.17) is 23.2 Å². The number of nitrogens with zero attached hydrogens (tertiary/aromatic N) is 2. The Labute approximate surface area is 172 Å².